The second-order valence-electron chi connectivity index (χ2n) is 3.73. The van der Waals surface area contributed by atoms with Crippen molar-refractivity contribution < 1.29 is 9.59 Å². The number of nitrogens with one attached hydrogen (secondary N) is 1. The van der Waals surface area contributed by atoms with Crippen molar-refractivity contribution in [1.82, 2.24) is 9.88 Å². The molecule has 4 nitrogen and oxygen atoms in total. The number of amides is 1. The number of Topliss-reactive ketones (excluding diaryl/α,β-unsaturated/α-hetero) is 1. The lowest BCUT2D eigenvalue weighted by molar-refractivity contribution is -0.120. The Bertz CT molecular complexity index is 369. The fraction of sp³-hybridized carbons (Fsp3) is 0.500. The van der Waals surface area contributed by atoms with Gasteiger partial charge in [0.25, 0.3) is 0 Å². The molecule has 0 radical (unpaired) electrons. The van der Waals surface area contributed by atoms with E-state index in [0.717, 1.165) is 12.0 Å². The summed E-state index contributed by atoms with van der Waals surface area (Å²) in [6.45, 7) is 2.60. The zero-order valence-electron chi connectivity index (χ0n) is 9.82. The molecule has 0 saturated carbocycles. The number of carbonyl (C=O) groups is 2. The summed E-state index contributed by atoms with van der Waals surface area (Å²) < 4.78 is 1.87. The number of hydrogen-bond acceptors (Lipinski definition) is 2. The van der Waals surface area contributed by atoms with Gasteiger partial charge in [-0.3, -0.25) is 9.59 Å². The monoisotopic (exact) mass is 222 g/mol. The number of ketones is 1. The molecule has 0 spiro atoms. The summed E-state index contributed by atoms with van der Waals surface area (Å²) in [4.78, 5) is 22.6. The molecule has 0 aromatic carbocycles. The fourth-order valence-electron chi connectivity index (χ4n) is 1.47. The predicted octanol–water partition coefficient (Wildman–Crippen LogP) is 1.61. The minimum atomic E-state index is 0.00938. The second-order valence-corrected chi connectivity index (χ2v) is 3.73. The summed E-state index contributed by atoms with van der Waals surface area (Å²) in [5.74, 6) is 0.177. The van der Waals surface area contributed by atoms with Gasteiger partial charge in [0.2, 0.25) is 5.91 Å². The van der Waals surface area contributed by atoms with Crippen LogP contribution in [0.25, 0.3) is 0 Å². The van der Waals surface area contributed by atoms with E-state index in [2.05, 4.69) is 5.32 Å². The van der Waals surface area contributed by atoms with Crippen LogP contribution in [0, 0.1) is 0 Å². The summed E-state index contributed by atoms with van der Waals surface area (Å²) in [5.41, 5.74) is 0.735. The molecule has 1 heterocycles. The summed E-state index contributed by atoms with van der Waals surface area (Å²) >= 11 is 0. The normalized spacial score (nSPS) is 10.1. The average Bonchev–Trinajstić information content (AvgIpc) is 2.75. The van der Waals surface area contributed by atoms with Crippen molar-refractivity contribution in [2.75, 3.05) is 7.05 Å². The zero-order chi connectivity index (χ0) is 12.0. The Labute approximate surface area is 95.6 Å². The van der Waals surface area contributed by atoms with Gasteiger partial charge in [-0.15, -0.1) is 0 Å². The summed E-state index contributed by atoms with van der Waals surface area (Å²) in [6, 6.07) is 1.81. The first kappa shape index (κ1) is 12.5. The van der Waals surface area contributed by atoms with E-state index in [9.17, 15) is 9.59 Å². The minimum absolute atomic E-state index is 0.00938. The van der Waals surface area contributed by atoms with Gasteiger partial charge < -0.3 is 9.88 Å². The molecule has 0 unspecified atom stereocenters. The highest BCUT2D eigenvalue weighted by molar-refractivity contribution is 5.95. The number of rotatable bonds is 6. The largest absolute Gasteiger partial charge is 0.359 e. The molecule has 0 fully saturated rings. The molecule has 1 aromatic rings. The van der Waals surface area contributed by atoms with Gasteiger partial charge in [0.1, 0.15) is 0 Å². The van der Waals surface area contributed by atoms with Crippen LogP contribution < -0.4 is 5.32 Å². The number of aryl methyl sites for hydroxylation is 1. The molecule has 1 rings (SSSR count). The van der Waals surface area contributed by atoms with Gasteiger partial charge in [0.05, 0.1) is 0 Å². The topological polar surface area (TPSA) is 51.1 Å². The van der Waals surface area contributed by atoms with E-state index >= 15 is 0 Å². The summed E-state index contributed by atoms with van der Waals surface area (Å²) in [7, 11) is 1.62. The van der Waals surface area contributed by atoms with Gasteiger partial charge in [-0.05, 0) is 12.5 Å². The highest BCUT2D eigenvalue weighted by Gasteiger charge is 2.06. The average molecular weight is 222 g/mol. The highest BCUT2D eigenvalue weighted by atomic mass is 16.1. The van der Waals surface area contributed by atoms with Crippen molar-refractivity contribution in [3.05, 3.63) is 24.0 Å². The first-order valence-corrected chi connectivity index (χ1v) is 5.57. The van der Waals surface area contributed by atoms with E-state index in [1.165, 1.54) is 0 Å². The van der Waals surface area contributed by atoms with Crippen molar-refractivity contribution in [1.29, 1.82) is 0 Å². The van der Waals surface area contributed by atoms with Gasteiger partial charge in [-0.1, -0.05) is 6.92 Å². The molecule has 4 heteroatoms. The molecule has 0 atom stereocenters. The predicted molar refractivity (Wildman–Crippen MR) is 62.4 cm³/mol. The molecule has 88 valence electrons. The van der Waals surface area contributed by atoms with Crippen LogP contribution in [0.3, 0.4) is 0 Å². The van der Waals surface area contributed by atoms with Gasteiger partial charge in [-0.2, -0.15) is 0 Å². The van der Waals surface area contributed by atoms with Crippen molar-refractivity contribution in [2.45, 2.75) is 32.7 Å². The van der Waals surface area contributed by atoms with Crippen LogP contribution in [-0.4, -0.2) is 23.3 Å². The van der Waals surface area contributed by atoms with Crippen molar-refractivity contribution in [2.24, 2.45) is 0 Å². The molecule has 1 N–H and O–H groups in total. The molecule has 16 heavy (non-hydrogen) atoms. The Kier molecular flexibility index (Phi) is 4.76. The van der Waals surface area contributed by atoms with Crippen LogP contribution in [0.5, 0.6) is 0 Å². The first-order chi connectivity index (χ1) is 7.67. The Hall–Kier alpha value is -1.58. The number of carbonyl (C=O) groups excluding carboxylic acids is 2. The van der Waals surface area contributed by atoms with Crippen LogP contribution in [0.4, 0.5) is 0 Å². The van der Waals surface area contributed by atoms with Gasteiger partial charge in [0.15, 0.2) is 5.78 Å². The molecule has 0 bridgehead atoms. The number of nitrogens with zero attached hydrogens (tertiary/aromatic N) is 1. The SMILES string of the molecule is CCCC(=O)c1ccn(CCC(=O)NC)c1. The Morgan fingerprint density at radius 1 is 1.38 bits per heavy atom. The third-order valence-corrected chi connectivity index (χ3v) is 2.43. The Morgan fingerprint density at radius 2 is 2.12 bits per heavy atom. The molecular formula is C12H18N2O2. The lowest BCUT2D eigenvalue weighted by atomic mass is 10.1. The molecule has 0 aliphatic heterocycles. The lowest BCUT2D eigenvalue weighted by Gasteiger charge is -2.01. The molecule has 0 aliphatic carbocycles. The standard InChI is InChI=1S/C12H18N2O2/c1-3-4-11(15)10-5-7-14(9-10)8-6-12(16)13-2/h5,7,9H,3-4,6,8H2,1-2H3,(H,13,16). The molecule has 0 aliphatic rings. The number of hydrogen-bond donors (Lipinski definition) is 1. The van der Waals surface area contributed by atoms with E-state index in [0.29, 0.717) is 19.4 Å². The van der Waals surface area contributed by atoms with Crippen molar-refractivity contribution in [3.63, 3.8) is 0 Å². The van der Waals surface area contributed by atoms with Gasteiger partial charge in [0, 0.05) is 44.4 Å². The zero-order valence-corrected chi connectivity index (χ0v) is 9.82. The quantitative estimate of drug-likeness (QED) is 0.743. The van der Waals surface area contributed by atoms with Crippen LogP contribution in [-0.2, 0) is 11.3 Å². The van der Waals surface area contributed by atoms with E-state index < -0.39 is 0 Å². The minimum Gasteiger partial charge on any atom is -0.359 e. The van der Waals surface area contributed by atoms with Gasteiger partial charge >= 0.3 is 0 Å². The maximum absolute atomic E-state index is 11.6. The lowest BCUT2D eigenvalue weighted by Crippen LogP contribution is -2.19. The van der Waals surface area contributed by atoms with Crippen molar-refractivity contribution >= 4 is 11.7 Å². The smallest absolute Gasteiger partial charge is 0.221 e. The van der Waals surface area contributed by atoms with Crippen LogP contribution in [0.2, 0.25) is 0 Å². The third kappa shape index (κ3) is 3.53. The van der Waals surface area contributed by atoms with E-state index in [-0.39, 0.29) is 11.7 Å². The maximum Gasteiger partial charge on any atom is 0.221 e. The van der Waals surface area contributed by atoms with Gasteiger partial charge in [-0.25, -0.2) is 0 Å². The molecule has 1 amide bonds. The summed E-state index contributed by atoms with van der Waals surface area (Å²) in [5, 5.41) is 2.57. The highest BCUT2D eigenvalue weighted by Crippen LogP contribution is 2.07. The number of aromatic nitrogens is 1. The molecule has 0 saturated heterocycles. The fourth-order valence-corrected chi connectivity index (χ4v) is 1.47. The van der Waals surface area contributed by atoms with Crippen LogP contribution in [0.15, 0.2) is 18.5 Å². The third-order valence-electron chi connectivity index (χ3n) is 2.43. The Balaban J connectivity index is 2.51. The summed E-state index contributed by atoms with van der Waals surface area (Å²) in [6.07, 6.45) is 5.53. The van der Waals surface area contributed by atoms with E-state index in [1.807, 2.05) is 23.8 Å². The first-order valence-electron chi connectivity index (χ1n) is 5.57. The van der Waals surface area contributed by atoms with E-state index in [4.69, 9.17) is 0 Å². The van der Waals surface area contributed by atoms with Crippen LogP contribution >= 0.6 is 0 Å². The van der Waals surface area contributed by atoms with E-state index in [1.54, 1.807) is 13.2 Å². The Morgan fingerprint density at radius 3 is 2.75 bits per heavy atom. The second kappa shape index (κ2) is 6.10. The maximum atomic E-state index is 11.6. The molecular weight excluding hydrogens is 204 g/mol. The van der Waals surface area contributed by atoms with Crippen molar-refractivity contribution in [3.8, 4) is 0 Å². The molecule has 1 aromatic heterocycles. The van der Waals surface area contributed by atoms with Crippen LogP contribution in [0.1, 0.15) is 36.5 Å².